The van der Waals surface area contributed by atoms with Gasteiger partial charge >= 0.3 is 0 Å². The molecule has 1 aliphatic carbocycles. The lowest BCUT2D eigenvalue weighted by atomic mass is 10.0. The van der Waals surface area contributed by atoms with Crippen molar-refractivity contribution in [2.75, 3.05) is 6.54 Å². The second-order valence-corrected chi connectivity index (χ2v) is 4.77. The first-order valence-corrected chi connectivity index (χ1v) is 5.58. The van der Waals surface area contributed by atoms with Crippen molar-refractivity contribution >= 4 is 21.8 Å². The van der Waals surface area contributed by atoms with E-state index >= 15 is 0 Å². The summed E-state index contributed by atoms with van der Waals surface area (Å²) in [6.45, 7) is 4.21. The van der Waals surface area contributed by atoms with Crippen LogP contribution in [0.4, 0.5) is 0 Å². The number of halogens is 1. The Labute approximate surface area is 87.9 Å². The van der Waals surface area contributed by atoms with E-state index in [1.165, 1.54) is 25.7 Å². The first-order chi connectivity index (χ1) is 6.18. The predicted octanol–water partition coefficient (Wildman–Crippen LogP) is 2.59. The lowest BCUT2D eigenvalue weighted by Crippen LogP contribution is -2.25. The third-order valence-corrected chi connectivity index (χ3v) is 2.71. The molecule has 1 fully saturated rings. The minimum Gasteiger partial charge on any atom is -0.352 e. The highest BCUT2D eigenvalue weighted by Crippen LogP contribution is 2.27. The Balaban J connectivity index is 2.13. The minimum atomic E-state index is 0.160. The minimum absolute atomic E-state index is 0.160. The molecule has 0 aromatic carbocycles. The summed E-state index contributed by atoms with van der Waals surface area (Å²) in [5.41, 5.74) is 0. The SMILES string of the molecule is C=C(Br)CNC(=O)CC1CCCC1. The summed E-state index contributed by atoms with van der Waals surface area (Å²) < 4.78 is 0.826. The molecule has 0 heterocycles. The third kappa shape index (κ3) is 4.46. The number of rotatable bonds is 4. The van der Waals surface area contributed by atoms with Gasteiger partial charge in [-0.25, -0.2) is 0 Å². The van der Waals surface area contributed by atoms with Gasteiger partial charge < -0.3 is 5.32 Å². The van der Waals surface area contributed by atoms with Crippen LogP contribution in [0.2, 0.25) is 0 Å². The van der Waals surface area contributed by atoms with Crippen molar-refractivity contribution < 1.29 is 4.79 Å². The molecule has 74 valence electrons. The van der Waals surface area contributed by atoms with Gasteiger partial charge in [-0.3, -0.25) is 4.79 Å². The number of nitrogens with one attached hydrogen (secondary N) is 1. The van der Waals surface area contributed by atoms with Crippen LogP contribution in [0.25, 0.3) is 0 Å². The number of amides is 1. The smallest absolute Gasteiger partial charge is 0.220 e. The molecule has 0 aromatic rings. The van der Waals surface area contributed by atoms with E-state index in [9.17, 15) is 4.79 Å². The monoisotopic (exact) mass is 245 g/mol. The maximum absolute atomic E-state index is 11.3. The average molecular weight is 246 g/mol. The van der Waals surface area contributed by atoms with Crippen molar-refractivity contribution in [1.29, 1.82) is 0 Å². The molecule has 0 atom stereocenters. The maximum Gasteiger partial charge on any atom is 0.220 e. The van der Waals surface area contributed by atoms with Crippen molar-refractivity contribution in [1.82, 2.24) is 5.32 Å². The van der Waals surface area contributed by atoms with Crippen molar-refractivity contribution in [3.8, 4) is 0 Å². The number of hydrogen-bond donors (Lipinski definition) is 1. The highest BCUT2D eigenvalue weighted by molar-refractivity contribution is 9.11. The first kappa shape index (κ1) is 10.8. The standard InChI is InChI=1S/C10H16BrNO/c1-8(11)7-12-10(13)6-9-4-2-3-5-9/h9H,1-7H2,(H,12,13). The highest BCUT2D eigenvalue weighted by atomic mass is 79.9. The van der Waals surface area contributed by atoms with E-state index in [0.29, 0.717) is 18.9 Å². The molecule has 0 saturated heterocycles. The van der Waals surface area contributed by atoms with Gasteiger partial charge in [0.2, 0.25) is 5.91 Å². The van der Waals surface area contributed by atoms with Gasteiger partial charge in [-0.05, 0) is 18.8 Å². The van der Waals surface area contributed by atoms with Crippen LogP contribution in [0.5, 0.6) is 0 Å². The summed E-state index contributed by atoms with van der Waals surface area (Å²) in [5.74, 6) is 0.788. The molecule has 0 spiro atoms. The fourth-order valence-electron chi connectivity index (χ4n) is 1.74. The highest BCUT2D eigenvalue weighted by Gasteiger charge is 2.17. The van der Waals surface area contributed by atoms with Gasteiger partial charge in [-0.15, -0.1) is 0 Å². The van der Waals surface area contributed by atoms with E-state index in [1.807, 2.05) is 0 Å². The zero-order chi connectivity index (χ0) is 9.68. The van der Waals surface area contributed by atoms with E-state index in [1.54, 1.807) is 0 Å². The molecule has 1 amide bonds. The Morgan fingerprint density at radius 1 is 1.46 bits per heavy atom. The van der Waals surface area contributed by atoms with Gasteiger partial charge in [0.15, 0.2) is 0 Å². The Hall–Kier alpha value is -0.310. The van der Waals surface area contributed by atoms with Gasteiger partial charge in [-0.2, -0.15) is 0 Å². The van der Waals surface area contributed by atoms with Crippen LogP contribution < -0.4 is 5.32 Å². The summed E-state index contributed by atoms with van der Waals surface area (Å²) in [5, 5.41) is 2.82. The predicted molar refractivity (Wildman–Crippen MR) is 57.7 cm³/mol. The molecule has 0 unspecified atom stereocenters. The molecule has 0 radical (unpaired) electrons. The molecule has 13 heavy (non-hydrogen) atoms. The van der Waals surface area contributed by atoms with Gasteiger partial charge in [0, 0.05) is 17.4 Å². The van der Waals surface area contributed by atoms with Crippen LogP contribution >= 0.6 is 15.9 Å². The average Bonchev–Trinajstić information content (AvgIpc) is 2.53. The quantitative estimate of drug-likeness (QED) is 0.811. The summed E-state index contributed by atoms with van der Waals surface area (Å²) in [6.07, 6.45) is 5.73. The molecule has 1 aliphatic rings. The second-order valence-electron chi connectivity index (χ2n) is 3.65. The van der Waals surface area contributed by atoms with Crippen LogP contribution in [-0.4, -0.2) is 12.5 Å². The normalized spacial score (nSPS) is 17.3. The van der Waals surface area contributed by atoms with Crippen LogP contribution in [0.3, 0.4) is 0 Å². The topological polar surface area (TPSA) is 29.1 Å². The van der Waals surface area contributed by atoms with E-state index in [0.717, 1.165) is 4.48 Å². The molecule has 0 bridgehead atoms. The van der Waals surface area contributed by atoms with E-state index in [4.69, 9.17) is 0 Å². The maximum atomic E-state index is 11.3. The molecule has 0 aliphatic heterocycles. The summed E-state index contributed by atoms with van der Waals surface area (Å²) in [7, 11) is 0. The molecule has 0 aromatic heterocycles. The van der Waals surface area contributed by atoms with Crippen molar-refractivity contribution in [3.05, 3.63) is 11.1 Å². The largest absolute Gasteiger partial charge is 0.352 e. The first-order valence-electron chi connectivity index (χ1n) is 4.78. The summed E-state index contributed by atoms with van der Waals surface area (Å²) in [6, 6.07) is 0. The van der Waals surface area contributed by atoms with Gasteiger partial charge in [-0.1, -0.05) is 35.4 Å². The molecular weight excluding hydrogens is 230 g/mol. The lowest BCUT2D eigenvalue weighted by Gasteiger charge is -2.08. The van der Waals surface area contributed by atoms with Crippen LogP contribution in [0.1, 0.15) is 32.1 Å². The lowest BCUT2D eigenvalue weighted by molar-refractivity contribution is -0.121. The van der Waals surface area contributed by atoms with E-state index < -0.39 is 0 Å². The van der Waals surface area contributed by atoms with Crippen molar-refractivity contribution in [2.24, 2.45) is 5.92 Å². The fourth-order valence-corrected chi connectivity index (χ4v) is 1.88. The van der Waals surface area contributed by atoms with Gasteiger partial charge in [0.1, 0.15) is 0 Å². The zero-order valence-electron chi connectivity index (χ0n) is 7.81. The van der Waals surface area contributed by atoms with Gasteiger partial charge in [0.05, 0.1) is 0 Å². The van der Waals surface area contributed by atoms with Gasteiger partial charge in [0.25, 0.3) is 0 Å². The van der Waals surface area contributed by atoms with Crippen LogP contribution in [0.15, 0.2) is 11.1 Å². The third-order valence-electron chi connectivity index (χ3n) is 2.43. The molecule has 3 heteroatoms. The number of carbonyl (C=O) groups is 1. The molecular formula is C10H16BrNO. The van der Waals surface area contributed by atoms with Crippen molar-refractivity contribution in [3.63, 3.8) is 0 Å². The van der Waals surface area contributed by atoms with Crippen LogP contribution in [0, 0.1) is 5.92 Å². The molecule has 2 nitrogen and oxygen atoms in total. The Morgan fingerprint density at radius 2 is 2.08 bits per heavy atom. The second kappa shape index (κ2) is 5.43. The van der Waals surface area contributed by atoms with Crippen LogP contribution in [-0.2, 0) is 4.79 Å². The Morgan fingerprint density at radius 3 is 2.62 bits per heavy atom. The Kier molecular flexibility index (Phi) is 4.50. The van der Waals surface area contributed by atoms with Crippen molar-refractivity contribution in [2.45, 2.75) is 32.1 Å². The fraction of sp³-hybridized carbons (Fsp3) is 0.700. The Bertz CT molecular complexity index is 197. The zero-order valence-corrected chi connectivity index (χ0v) is 9.40. The number of hydrogen-bond acceptors (Lipinski definition) is 1. The molecule has 1 N–H and O–H groups in total. The molecule has 1 rings (SSSR count). The summed E-state index contributed by atoms with van der Waals surface area (Å²) in [4.78, 5) is 11.3. The summed E-state index contributed by atoms with van der Waals surface area (Å²) >= 11 is 3.21. The number of carbonyl (C=O) groups excluding carboxylic acids is 1. The molecule has 1 saturated carbocycles. The van der Waals surface area contributed by atoms with E-state index in [2.05, 4.69) is 27.8 Å². The van der Waals surface area contributed by atoms with E-state index in [-0.39, 0.29) is 5.91 Å².